The molecule has 4 heteroatoms. The normalized spacial score (nSPS) is 11.7. The molecule has 0 bridgehead atoms. The molecule has 0 saturated heterocycles. The zero-order valence-electron chi connectivity index (χ0n) is 17.6. The lowest BCUT2D eigenvalue weighted by Crippen LogP contribution is -2.45. The Morgan fingerprint density at radius 2 is 1.40 bits per heavy atom. The number of carbonyl (C=O) groups is 2. The van der Waals surface area contributed by atoms with Gasteiger partial charge in [0.2, 0.25) is 5.91 Å². The molecule has 30 heavy (non-hydrogen) atoms. The number of hydrogen-bond acceptors (Lipinski definition) is 3. The summed E-state index contributed by atoms with van der Waals surface area (Å²) in [4.78, 5) is 25.8. The van der Waals surface area contributed by atoms with Crippen molar-refractivity contribution < 1.29 is 14.3 Å². The summed E-state index contributed by atoms with van der Waals surface area (Å²) >= 11 is 0. The molecule has 0 unspecified atom stereocenters. The molecule has 3 aromatic carbocycles. The van der Waals surface area contributed by atoms with Gasteiger partial charge in [0.25, 0.3) is 0 Å². The van der Waals surface area contributed by atoms with Crippen molar-refractivity contribution in [2.24, 2.45) is 0 Å². The molecule has 0 aromatic heterocycles. The first-order chi connectivity index (χ1) is 14.5. The molecule has 0 aliphatic rings. The van der Waals surface area contributed by atoms with Crippen LogP contribution in [0.2, 0.25) is 0 Å². The van der Waals surface area contributed by atoms with Crippen LogP contribution in [0.4, 0.5) is 0 Å². The smallest absolute Gasteiger partial charge is 0.328 e. The van der Waals surface area contributed by atoms with Gasteiger partial charge < -0.3 is 10.1 Å². The highest BCUT2D eigenvalue weighted by molar-refractivity contribution is 5.91. The number of carbonyl (C=O) groups excluding carboxylic acids is 2. The highest BCUT2D eigenvalue weighted by Crippen LogP contribution is 2.25. The fourth-order valence-corrected chi connectivity index (χ4v) is 3.54. The van der Waals surface area contributed by atoms with Gasteiger partial charge in [0.05, 0.1) is 13.0 Å². The van der Waals surface area contributed by atoms with Gasteiger partial charge in [-0.05, 0) is 41.7 Å². The number of esters is 1. The monoisotopic (exact) mass is 401 g/mol. The Morgan fingerprint density at radius 3 is 1.90 bits per heavy atom. The first-order valence-electron chi connectivity index (χ1n) is 10.0. The van der Waals surface area contributed by atoms with Gasteiger partial charge in [0.1, 0.15) is 6.04 Å². The molecule has 0 aliphatic heterocycles. The van der Waals surface area contributed by atoms with Gasteiger partial charge in [0.15, 0.2) is 0 Å². The molecule has 154 valence electrons. The Balaban J connectivity index is 1.88. The van der Waals surface area contributed by atoms with Crippen LogP contribution < -0.4 is 5.32 Å². The Kier molecular flexibility index (Phi) is 7.02. The van der Waals surface area contributed by atoms with Crippen LogP contribution in [-0.2, 0) is 20.7 Å². The maximum atomic E-state index is 13.4. The number of ether oxygens (including phenoxy) is 1. The van der Waals surface area contributed by atoms with Gasteiger partial charge in [0, 0.05) is 6.42 Å². The number of hydrogen-bond donors (Lipinski definition) is 1. The maximum Gasteiger partial charge on any atom is 0.328 e. The summed E-state index contributed by atoms with van der Waals surface area (Å²) in [5.41, 5.74) is 5.05. The summed E-state index contributed by atoms with van der Waals surface area (Å²) in [5, 5.41) is 2.93. The van der Waals surface area contributed by atoms with Gasteiger partial charge in [-0.25, -0.2) is 4.79 Å². The van der Waals surface area contributed by atoms with Gasteiger partial charge in [-0.1, -0.05) is 78.9 Å². The van der Waals surface area contributed by atoms with E-state index in [-0.39, 0.29) is 5.91 Å². The van der Waals surface area contributed by atoms with Crippen molar-refractivity contribution in [3.8, 4) is 0 Å². The van der Waals surface area contributed by atoms with E-state index in [0.29, 0.717) is 6.42 Å². The third-order valence-electron chi connectivity index (χ3n) is 5.34. The molecule has 0 aliphatic carbocycles. The lowest BCUT2D eigenvalue weighted by molar-refractivity contribution is -0.145. The van der Waals surface area contributed by atoms with Crippen molar-refractivity contribution >= 4 is 11.9 Å². The van der Waals surface area contributed by atoms with Crippen LogP contribution in [0.3, 0.4) is 0 Å². The predicted octanol–water partition coefficient (Wildman–Crippen LogP) is 4.34. The van der Waals surface area contributed by atoms with Gasteiger partial charge in [-0.3, -0.25) is 4.79 Å². The van der Waals surface area contributed by atoms with Crippen molar-refractivity contribution in [3.63, 3.8) is 0 Å². The molecular weight excluding hydrogens is 374 g/mol. The molecule has 0 spiro atoms. The molecule has 1 N–H and O–H groups in total. The minimum atomic E-state index is -0.764. The van der Waals surface area contributed by atoms with Crippen molar-refractivity contribution in [2.75, 3.05) is 7.11 Å². The summed E-state index contributed by atoms with van der Waals surface area (Å²) in [7, 11) is 1.34. The number of nitrogens with one attached hydrogen (secondary N) is 1. The molecule has 3 rings (SSSR count). The van der Waals surface area contributed by atoms with E-state index in [2.05, 4.69) is 5.32 Å². The largest absolute Gasteiger partial charge is 0.467 e. The summed E-state index contributed by atoms with van der Waals surface area (Å²) < 4.78 is 4.98. The van der Waals surface area contributed by atoms with E-state index in [4.69, 9.17) is 4.74 Å². The Bertz CT molecular complexity index is 960. The average molecular weight is 402 g/mol. The second-order valence-electron chi connectivity index (χ2n) is 7.46. The summed E-state index contributed by atoms with van der Waals surface area (Å²) in [6, 6.07) is 24.5. The molecule has 1 atom stereocenters. The lowest BCUT2D eigenvalue weighted by atomic mass is 9.90. The van der Waals surface area contributed by atoms with E-state index >= 15 is 0 Å². The molecule has 0 saturated carbocycles. The van der Waals surface area contributed by atoms with Crippen LogP contribution in [0.15, 0.2) is 78.9 Å². The molecule has 4 nitrogen and oxygen atoms in total. The number of methoxy groups -OCH3 is 1. The van der Waals surface area contributed by atoms with E-state index in [9.17, 15) is 9.59 Å². The second-order valence-corrected chi connectivity index (χ2v) is 7.46. The Morgan fingerprint density at radius 1 is 0.833 bits per heavy atom. The average Bonchev–Trinajstić information content (AvgIpc) is 2.77. The SMILES string of the molecule is COC(=O)[C@H](Cc1ccc(C)c(C)c1)NC(=O)C(c1ccccc1)c1ccccc1. The van der Waals surface area contributed by atoms with E-state index in [1.165, 1.54) is 12.7 Å². The number of rotatable bonds is 7. The molecule has 3 aromatic rings. The van der Waals surface area contributed by atoms with Gasteiger partial charge in [-0.2, -0.15) is 0 Å². The summed E-state index contributed by atoms with van der Waals surface area (Å²) in [6.07, 6.45) is 0.371. The van der Waals surface area contributed by atoms with Crippen LogP contribution in [-0.4, -0.2) is 25.0 Å². The lowest BCUT2D eigenvalue weighted by Gasteiger charge is -2.22. The van der Waals surface area contributed by atoms with Crippen molar-refractivity contribution in [1.82, 2.24) is 5.32 Å². The van der Waals surface area contributed by atoms with Crippen molar-refractivity contribution in [1.29, 1.82) is 0 Å². The molecule has 1 amide bonds. The number of amides is 1. The van der Waals surface area contributed by atoms with Gasteiger partial charge >= 0.3 is 5.97 Å². The maximum absolute atomic E-state index is 13.4. The summed E-state index contributed by atoms with van der Waals surface area (Å²) in [6.45, 7) is 4.08. The first-order valence-corrected chi connectivity index (χ1v) is 10.0. The highest BCUT2D eigenvalue weighted by atomic mass is 16.5. The quantitative estimate of drug-likeness (QED) is 0.600. The Hall–Kier alpha value is -3.40. The van der Waals surface area contributed by atoms with Crippen molar-refractivity contribution in [3.05, 3.63) is 107 Å². The molecule has 0 fully saturated rings. The minimum absolute atomic E-state index is 0.230. The predicted molar refractivity (Wildman–Crippen MR) is 118 cm³/mol. The molecule has 0 heterocycles. The van der Waals surface area contributed by atoms with E-state index in [1.54, 1.807) is 0 Å². The summed E-state index contributed by atoms with van der Waals surface area (Å²) in [5.74, 6) is -1.20. The highest BCUT2D eigenvalue weighted by Gasteiger charge is 2.28. The van der Waals surface area contributed by atoms with Crippen LogP contribution >= 0.6 is 0 Å². The van der Waals surface area contributed by atoms with Crippen LogP contribution in [0.25, 0.3) is 0 Å². The minimum Gasteiger partial charge on any atom is -0.467 e. The van der Waals surface area contributed by atoms with E-state index in [1.807, 2.05) is 92.7 Å². The van der Waals surface area contributed by atoms with Crippen LogP contribution in [0.1, 0.15) is 33.7 Å². The fraction of sp³-hybridized carbons (Fsp3) is 0.231. The Labute approximate surface area is 177 Å². The third kappa shape index (κ3) is 5.15. The molecular formula is C26H27NO3. The zero-order chi connectivity index (χ0) is 21.5. The van der Waals surface area contributed by atoms with Crippen molar-refractivity contribution in [2.45, 2.75) is 32.2 Å². The topological polar surface area (TPSA) is 55.4 Å². The van der Waals surface area contributed by atoms with E-state index < -0.39 is 17.9 Å². The van der Waals surface area contributed by atoms with Crippen LogP contribution in [0.5, 0.6) is 0 Å². The van der Waals surface area contributed by atoms with Crippen LogP contribution in [0, 0.1) is 13.8 Å². The zero-order valence-corrected chi connectivity index (χ0v) is 17.6. The fourth-order valence-electron chi connectivity index (χ4n) is 3.54. The number of benzene rings is 3. The third-order valence-corrected chi connectivity index (χ3v) is 5.34. The first kappa shape index (κ1) is 21.3. The number of aryl methyl sites for hydroxylation is 2. The second kappa shape index (κ2) is 9.88. The molecule has 0 radical (unpaired) electrons. The van der Waals surface area contributed by atoms with Gasteiger partial charge in [-0.15, -0.1) is 0 Å². The van der Waals surface area contributed by atoms with E-state index in [0.717, 1.165) is 22.3 Å². The standard InChI is InChI=1S/C26H27NO3/c1-18-14-15-20(16-19(18)2)17-23(26(29)30-3)27-25(28)24(21-10-6-4-7-11-21)22-12-8-5-9-13-22/h4-16,23-24H,17H2,1-3H3,(H,27,28)/t23-/m0/s1.